The van der Waals surface area contributed by atoms with Crippen molar-refractivity contribution in [1.82, 2.24) is 9.55 Å². The van der Waals surface area contributed by atoms with Crippen LogP contribution in [0.25, 0.3) is 11.0 Å². The molecule has 0 atom stereocenters. The summed E-state index contributed by atoms with van der Waals surface area (Å²) in [6.07, 6.45) is 6.15. The van der Waals surface area contributed by atoms with Gasteiger partial charge in [0.05, 0.1) is 18.1 Å². The maximum atomic E-state index is 6.19. The molecule has 1 heterocycles. The highest BCUT2D eigenvalue weighted by Crippen LogP contribution is 2.39. The number of hydrogen-bond acceptors (Lipinski definition) is 3. The van der Waals surface area contributed by atoms with Crippen molar-refractivity contribution < 1.29 is 4.74 Å². The number of hydrogen-bond donors (Lipinski definition) is 1. The van der Waals surface area contributed by atoms with Gasteiger partial charge in [-0.2, -0.15) is 0 Å². The van der Waals surface area contributed by atoms with E-state index in [0.717, 1.165) is 30.7 Å². The van der Waals surface area contributed by atoms with Crippen LogP contribution in [0.5, 0.6) is 5.75 Å². The van der Waals surface area contributed by atoms with Crippen LogP contribution in [0, 0.1) is 0 Å². The molecule has 2 aromatic rings. The predicted molar refractivity (Wildman–Crippen MR) is 85.8 cm³/mol. The molecule has 1 aliphatic rings. The van der Waals surface area contributed by atoms with E-state index in [-0.39, 0.29) is 5.41 Å². The number of nitrogens with zero attached hydrogens (tertiary/aromatic N) is 2. The largest absolute Gasteiger partial charge is 0.497 e. The molecular formula is C17H25N3O. The van der Waals surface area contributed by atoms with Gasteiger partial charge < -0.3 is 15.0 Å². The number of methoxy groups -OCH3 is 1. The van der Waals surface area contributed by atoms with E-state index in [4.69, 9.17) is 15.5 Å². The first-order chi connectivity index (χ1) is 10.2. The summed E-state index contributed by atoms with van der Waals surface area (Å²) in [6.45, 7) is 3.80. The van der Waals surface area contributed by atoms with Crippen molar-refractivity contribution in [3.05, 3.63) is 24.0 Å². The second-order valence-electron chi connectivity index (χ2n) is 6.08. The Morgan fingerprint density at radius 1 is 1.29 bits per heavy atom. The molecule has 0 spiro atoms. The fraction of sp³-hybridized carbons (Fsp3) is 0.588. The minimum absolute atomic E-state index is 0.0561. The van der Waals surface area contributed by atoms with Crippen molar-refractivity contribution in [3.63, 3.8) is 0 Å². The summed E-state index contributed by atoms with van der Waals surface area (Å²) in [5.74, 6) is 2.04. The lowest BCUT2D eigenvalue weighted by Gasteiger charge is -2.35. The molecule has 0 unspecified atom stereocenters. The van der Waals surface area contributed by atoms with Gasteiger partial charge >= 0.3 is 0 Å². The summed E-state index contributed by atoms with van der Waals surface area (Å²) >= 11 is 0. The van der Waals surface area contributed by atoms with Gasteiger partial charge in [0.1, 0.15) is 11.6 Å². The van der Waals surface area contributed by atoms with E-state index in [1.807, 2.05) is 12.1 Å². The maximum absolute atomic E-state index is 6.19. The third-order valence-electron chi connectivity index (χ3n) is 4.95. The maximum Gasteiger partial charge on any atom is 0.121 e. The molecule has 0 amide bonds. The quantitative estimate of drug-likeness (QED) is 0.939. The molecule has 0 aliphatic heterocycles. The normalized spacial score (nSPS) is 18.0. The summed E-state index contributed by atoms with van der Waals surface area (Å²) < 4.78 is 7.67. The standard InChI is InChI=1S/C17H25N3O/c1-3-20-15-8-7-13(21-2)11-14(15)19-16(20)17(12-18)9-5-4-6-10-17/h7-8,11H,3-6,9-10,12,18H2,1-2H3. The molecule has 1 saturated carbocycles. The molecule has 3 rings (SSSR count). The number of nitrogens with two attached hydrogens (primary N) is 1. The first-order valence-corrected chi connectivity index (χ1v) is 7.99. The Bertz CT molecular complexity index is 626. The zero-order valence-corrected chi connectivity index (χ0v) is 13.1. The predicted octanol–water partition coefficient (Wildman–Crippen LogP) is 3.23. The van der Waals surface area contributed by atoms with Crippen LogP contribution in [0.4, 0.5) is 0 Å². The van der Waals surface area contributed by atoms with Gasteiger partial charge in [0.25, 0.3) is 0 Å². The molecule has 0 bridgehead atoms. The first kappa shape index (κ1) is 14.4. The van der Waals surface area contributed by atoms with E-state index >= 15 is 0 Å². The number of rotatable bonds is 4. The van der Waals surface area contributed by atoms with Crippen molar-refractivity contribution in [2.24, 2.45) is 5.73 Å². The Balaban J connectivity index is 2.16. The number of aromatic nitrogens is 2. The molecule has 4 heteroatoms. The van der Waals surface area contributed by atoms with E-state index in [2.05, 4.69) is 17.6 Å². The van der Waals surface area contributed by atoms with Crippen molar-refractivity contribution in [2.45, 2.75) is 51.0 Å². The average molecular weight is 287 g/mol. The molecule has 0 saturated heterocycles. The van der Waals surface area contributed by atoms with E-state index in [1.54, 1.807) is 7.11 Å². The second kappa shape index (κ2) is 5.68. The van der Waals surface area contributed by atoms with E-state index < -0.39 is 0 Å². The molecule has 1 aliphatic carbocycles. The van der Waals surface area contributed by atoms with Gasteiger partial charge in [-0.25, -0.2) is 4.98 Å². The van der Waals surface area contributed by atoms with Crippen LogP contribution in [0.2, 0.25) is 0 Å². The fourth-order valence-electron chi connectivity index (χ4n) is 3.71. The zero-order valence-electron chi connectivity index (χ0n) is 13.1. The van der Waals surface area contributed by atoms with Crippen LogP contribution in [-0.4, -0.2) is 23.2 Å². The van der Waals surface area contributed by atoms with Crippen LogP contribution in [0.3, 0.4) is 0 Å². The summed E-state index contributed by atoms with van der Waals surface area (Å²) in [6, 6.07) is 6.15. The number of fused-ring (bicyclic) bond motifs is 1. The van der Waals surface area contributed by atoms with E-state index in [0.29, 0.717) is 6.54 Å². The van der Waals surface area contributed by atoms with Crippen LogP contribution in [0.15, 0.2) is 18.2 Å². The van der Waals surface area contributed by atoms with Gasteiger partial charge in [-0.15, -0.1) is 0 Å². The first-order valence-electron chi connectivity index (χ1n) is 7.99. The monoisotopic (exact) mass is 287 g/mol. The SMILES string of the molecule is CCn1c(C2(CN)CCCCC2)nc2cc(OC)ccc21. The highest BCUT2D eigenvalue weighted by atomic mass is 16.5. The van der Waals surface area contributed by atoms with Gasteiger partial charge in [-0.05, 0) is 31.9 Å². The van der Waals surface area contributed by atoms with Gasteiger partial charge in [-0.1, -0.05) is 19.3 Å². The minimum atomic E-state index is 0.0561. The van der Waals surface area contributed by atoms with Crippen molar-refractivity contribution >= 4 is 11.0 Å². The average Bonchev–Trinajstić information content (AvgIpc) is 2.93. The lowest BCUT2D eigenvalue weighted by atomic mass is 9.73. The third-order valence-corrected chi connectivity index (χ3v) is 4.95. The Morgan fingerprint density at radius 3 is 2.67 bits per heavy atom. The molecule has 1 aromatic carbocycles. The van der Waals surface area contributed by atoms with Crippen molar-refractivity contribution in [2.75, 3.05) is 13.7 Å². The minimum Gasteiger partial charge on any atom is -0.497 e. The molecule has 1 fully saturated rings. The highest BCUT2D eigenvalue weighted by Gasteiger charge is 2.37. The fourth-order valence-corrected chi connectivity index (χ4v) is 3.71. The molecule has 0 radical (unpaired) electrons. The van der Waals surface area contributed by atoms with Gasteiger partial charge in [0.15, 0.2) is 0 Å². The van der Waals surface area contributed by atoms with E-state index in [1.165, 1.54) is 30.6 Å². The highest BCUT2D eigenvalue weighted by molar-refractivity contribution is 5.78. The van der Waals surface area contributed by atoms with Crippen molar-refractivity contribution in [1.29, 1.82) is 0 Å². The smallest absolute Gasteiger partial charge is 0.121 e. The Morgan fingerprint density at radius 2 is 2.05 bits per heavy atom. The number of ether oxygens (including phenoxy) is 1. The number of imidazole rings is 1. The van der Waals surface area contributed by atoms with Crippen LogP contribution in [0.1, 0.15) is 44.9 Å². The van der Waals surface area contributed by atoms with Gasteiger partial charge in [0, 0.05) is 24.6 Å². The number of aryl methyl sites for hydroxylation is 1. The number of benzene rings is 1. The van der Waals surface area contributed by atoms with Gasteiger partial charge in [-0.3, -0.25) is 0 Å². The summed E-state index contributed by atoms with van der Waals surface area (Å²) in [5.41, 5.74) is 8.45. The Labute approximate surface area is 126 Å². The molecule has 2 N–H and O–H groups in total. The van der Waals surface area contributed by atoms with Crippen molar-refractivity contribution in [3.8, 4) is 5.75 Å². The lowest BCUT2D eigenvalue weighted by Crippen LogP contribution is -2.39. The topological polar surface area (TPSA) is 53.1 Å². The van der Waals surface area contributed by atoms with Gasteiger partial charge in [0.2, 0.25) is 0 Å². The Hall–Kier alpha value is -1.55. The second-order valence-corrected chi connectivity index (χ2v) is 6.08. The summed E-state index contributed by atoms with van der Waals surface area (Å²) in [4.78, 5) is 4.96. The lowest BCUT2D eigenvalue weighted by molar-refractivity contribution is 0.278. The van der Waals surface area contributed by atoms with E-state index in [9.17, 15) is 0 Å². The molecular weight excluding hydrogens is 262 g/mol. The molecule has 1 aromatic heterocycles. The summed E-state index contributed by atoms with van der Waals surface area (Å²) in [7, 11) is 1.70. The van der Waals surface area contributed by atoms with Crippen LogP contribution in [-0.2, 0) is 12.0 Å². The Kier molecular flexibility index (Phi) is 3.89. The van der Waals surface area contributed by atoms with Crippen LogP contribution >= 0.6 is 0 Å². The molecule has 4 nitrogen and oxygen atoms in total. The molecule has 114 valence electrons. The zero-order chi connectivity index (χ0) is 14.9. The third kappa shape index (κ3) is 2.31. The summed E-state index contributed by atoms with van der Waals surface area (Å²) in [5, 5.41) is 0. The van der Waals surface area contributed by atoms with Crippen LogP contribution < -0.4 is 10.5 Å². The molecule has 21 heavy (non-hydrogen) atoms.